The van der Waals surface area contributed by atoms with E-state index in [4.69, 9.17) is 5.73 Å². The Hall–Kier alpha value is -0.870. The van der Waals surface area contributed by atoms with Crippen molar-refractivity contribution in [2.45, 2.75) is 32.2 Å². The van der Waals surface area contributed by atoms with Gasteiger partial charge in [-0.05, 0) is 30.7 Å². The van der Waals surface area contributed by atoms with Crippen LogP contribution in [0.5, 0.6) is 0 Å². The first-order chi connectivity index (χ1) is 7.72. The molecule has 4 heteroatoms. The number of amides is 1. The second-order valence-electron chi connectivity index (χ2n) is 4.43. The Morgan fingerprint density at radius 2 is 2.44 bits per heavy atom. The molecule has 16 heavy (non-hydrogen) atoms. The molecule has 3 N–H and O–H groups in total. The zero-order chi connectivity index (χ0) is 11.6. The van der Waals surface area contributed by atoms with E-state index in [9.17, 15) is 4.79 Å². The van der Waals surface area contributed by atoms with Crippen LogP contribution in [-0.2, 0) is 4.79 Å². The first-order valence-electron chi connectivity index (χ1n) is 5.76. The molecule has 0 aliphatic heterocycles. The molecule has 0 saturated heterocycles. The minimum Gasteiger partial charge on any atom is -0.348 e. The van der Waals surface area contributed by atoms with Crippen LogP contribution in [0.25, 0.3) is 0 Å². The number of thiophene rings is 1. The molecule has 1 heterocycles. The maximum Gasteiger partial charge on any atom is 0.228 e. The first-order valence-corrected chi connectivity index (χ1v) is 6.64. The van der Waals surface area contributed by atoms with E-state index in [1.54, 1.807) is 11.3 Å². The Kier molecular flexibility index (Phi) is 3.30. The van der Waals surface area contributed by atoms with E-state index >= 15 is 0 Å². The normalized spacial score (nSPS) is 19.1. The number of rotatable bonds is 5. The van der Waals surface area contributed by atoms with E-state index in [0.717, 1.165) is 19.3 Å². The van der Waals surface area contributed by atoms with Gasteiger partial charge >= 0.3 is 0 Å². The van der Waals surface area contributed by atoms with E-state index in [1.165, 1.54) is 4.88 Å². The summed E-state index contributed by atoms with van der Waals surface area (Å²) in [5.74, 6) is 0.134. The van der Waals surface area contributed by atoms with Gasteiger partial charge in [0.1, 0.15) is 0 Å². The van der Waals surface area contributed by atoms with Gasteiger partial charge in [-0.25, -0.2) is 0 Å². The van der Waals surface area contributed by atoms with E-state index in [0.29, 0.717) is 6.54 Å². The van der Waals surface area contributed by atoms with Crippen LogP contribution >= 0.6 is 11.3 Å². The van der Waals surface area contributed by atoms with Gasteiger partial charge in [0.25, 0.3) is 0 Å². The van der Waals surface area contributed by atoms with Crippen LogP contribution < -0.4 is 11.1 Å². The molecule has 1 amide bonds. The molecule has 1 saturated carbocycles. The number of nitrogens with two attached hydrogens (primary N) is 1. The van der Waals surface area contributed by atoms with E-state index in [2.05, 4.69) is 18.3 Å². The first kappa shape index (κ1) is 11.6. The Morgan fingerprint density at radius 3 is 2.88 bits per heavy atom. The van der Waals surface area contributed by atoms with Gasteiger partial charge in [-0.15, -0.1) is 11.3 Å². The molecule has 2 rings (SSSR count). The summed E-state index contributed by atoms with van der Waals surface area (Å²) in [7, 11) is 0. The van der Waals surface area contributed by atoms with Crippen molar-refractivity contribution < 1.29 is 4.79 Å². The lowest BCUT2D eigenvalue weighted by Gasteiger charge is -2.19. The second kappa shape index (κ2) is 4.55. The van der Waals surface area contributed by atoms with Crippen molar-refractivity contribution in [1.29, 1.82) is 0 Å². The summed E-state index contributed by atoms with van der Waals surface area (Å²) >= 11 is 1.69. The van der Waals surface area contributed by atoms with Gasteiger partial charge in [0.05, 0.1) is 11.5 Å². The van der Waals surface area contributed by atoms with Gasteiger partial charge in [0, 0.05) is 11.4 Å². The summed E-state index contributed by atoms with van der Waals surface area (Å²) in [6, 6.07) is 4.24. The van der Waals surface area contributed by atoms with Crippen LogP contribution in [0.1, 0.15) is 37.1 Å². The molecule has 1 fully saturated rings. The third-order valence-electron chi connectivity index (χ3n) is 3.33. The van der Waals surface area contributed by atoms with Crippen LogP contribution in [0.2, 0.25) is 0 Å². The van der Waals surface area contributed by atoms with Crippen molar-refractivity contribution >= 4 is 17.2 Å². The Morgan fingerprint density at radius 1 is 1.69 bits per heavy atom. The number of carbonyl (C=O) groups is 1. The predicted molar refractivity (Wildman–Crippen MR) is 66.2 cm³/mol. The van der Waals surface area contributed by atoms with Crippen molar-refractivity contribution in [1.82, 2.24) is 5.32 Å². The zero-order valence-corrected chi connectivity index (χ0v) is 10.3. The predicted octanol–water partition coefficient (Wildman–Crippen LogP) is 2.05. The molecular formula is C12H18N2OS. The smallest absolute Gasteiger partial charge is 0.228 e. The number of hydrogen-bond acceptors (Lipinski definition) is 3. The average Bonchev–Trinajstić information content (AvgIpc) is 2.93. The quantitative estimate of drug-likeness (QED) is 0.825. The highest BCUT2D eigenvalue weighted by Gasteiger charge is 2.48. The Labute approximate surface area is 100 Å². The summed E-state index contributed by atoms with van der Waals surface area (Å²) in [4.78, 5) is 13.3. The van der Waals surface area contributed by atoms with Gasteiger partial charge in [-0.1, -0.05) is 13.0 Å². The molecule has 1 aromatic heterocycles. The molecule has 0 spiro atoms. The minimum absolute atomic E-state index is 0.134. The molecule has 0 bridgehead atoms. The highest BCUT2D eigenvalue weighted by molar-refractivity contribution is 7.10. The summed E-state index contributed by atoms with van der Waals surface area (Å²) < 4.78 is 0. The molecule has 1 aliphatic rings. The van der Waals surface area contributed by atoms with Crippen LogP contribution in [0.3, 0.4) is 0 Å². The molecule has 1 unspecified atom stereocenters. The zero-order valence-electron chi connectivity index (χ0n) is 9.53. The van der Waals surface area contributed by atoms with Gasteiger partial charge in [-0.2, -0.15) is 0 Å². The van der Waals surface area contributed by atoms with E-state index in [1.807, 2.05) is 11.4 Å². The van der Waals surface area contributed by atoms with Crippen LogP contribution in [0.4, 0.5) is 0 Å². The van der Waals surface area contributed by atoms with Crippen molar-refractivity contribution in [2.75, 3.05) is 6.54 Å². The molecule has 1 atom stereocenters. The van der Waals surface area contributed by atoms with Gasteiger partial charge in [0.2, 0.25) is 5.91 Å². The van der Waals surface area contributed by atoms with Gasteiger partial charge < -0.3 is 11.1 Å². The fraction of sp³-hybridized carbons (Fsp3) is 0.583. The lowest BCUT2D eigenvalue weighted by atomic mass is 10.1. The monoisotopic (exact) mass is 238 g/mol. The lowest BCUT2D eigenvalue weighted by Crippen LogP contribution is -2.38. The summed E-state index contributed by atoms with van der Waals surface area (Å²) in [5.41, 5.74) is 5.40. The van der Waals surface area contributed by atoms with Crippen LogP contribution in [0.15, 0.2) is 17.5 Å². The van der Waals surface area contributed by atoms with Crippen molar-refractivity contribution in [3.05, 3.63) is 22.4 Å². The molecular weight excluding hydrogens is 220 g/mol. The molecule has 0 aromatic carbocycles. The van der Waals surface area contributed by atoms with E-state index in [-0.39, 0.29) is 17.4 Å². The van der Waals surface area contributed by atoms with E-state index < -0.39 is 0 Å². The maximum absolute atomic E-state index is 12.0. The van der Waals surface area contributed by atoms with Gasteiger partial charge in [0.15, 0.2) is 0 Å². The lowest BCUT2D eigenvalue weighted by molar-refractivity contribution is -0.126. The SMILES string of the molecule is CCC(NC(=O)C1(CN)CC1)c1cccs1. The molecule has 3 nitrogen and oxygen atoms in total. The van der Waals surface area contributed by atoms with Gasteiger partial charge in [-0.3, -0.25) is 4.79 Å². The average molecular weight is 238 g/mol. The molecule has 1 aromatic rings. The summed E-state index contributed by atoms with van der Waals surface area (Å²) in [6.07, 6.45) is 2.80. The highest BCUT2D eigenvalue weighted by Crippen LogP contribution is 2.45. The summed E-state index contributed by atoms with van der Waals surface area (Å²) in [5, 5.41) is 5.16. The largest absolute Gasteiger partial charge is 0.348 e. The number of hydrogen-bond donors (Lipinski definition) is 2. The van der Waals surface area contributed by atoms with Crippen LogP contribution in [-0.4, -0.2) is 12.5 Å². The molecule has 1 aliphatic carbocycles. The fourth-order valence-electron chi connectivity index (χ4n) is 1.85. The van der Waals surface area contributed by atoms with Crippen molar-refractivity contribution in [2.24, 2.45) is 11.1 Å². The minimum atomic E-state index is -0.245. The third-order valence-corrected chi connectivity index (χ3v) is 4.31. The van der Waals surface area contributed by atoms with Crippen molar-refractivity contribution in [3.63, 3.8) is 0 Å². The van der Waals surface area contributed by atoms with Crippen LogP contribution in [0, 0.1) is 5.41 Å². The second-order valence-corrected chi connectivity index (χ2v) is 5.41. The van der Waals surface area contributed by atoms with Crippen molar-refractivity contribution in [3.8, 4) is 0 Å². The topological polar surface area (TPSA) is 55.1 Å². The maximum atomic E-state index is 12.0. The fourth-order valence-corrected chi connectivity index (χ4v) is 2.71. The third kappa shape index (κ3) is 2.13. The number of nitrogens with one attached hydrogen (secondary N) is 1. The Balaban J connectivity index is 2.00. The summed E-state index contributed by atoms with van der Waals surface area (Å²) in [6.45, 7) is 2.56. The highest BCUT2D eigenvalue weighted by atomic mass is 32.1. The standard InChI is InChI=1S/C12H18N2OS/c1-2-9(10-4-3-7-16-10)14-11(15)12(8-13)5-6-12/h3-4,7,9H,2,5-6,8,13H2,1H3,(H,14,15). The molecule has 88 valence electrons. The number of carbonyl (C=O) groups excluding carboxylic acids is 1. The Bertz CT molecular complexity index is 357. The molecule has 0 radical (unpaired) electrons.